The smallest absolute Gasteiger partial charge is 0.142 e. The molecule has 0 radical (unpaired) electrons. The van der Waals surface area contributed by atoms with E-state index in [9.17, 15) is 0 Å². The Kier molecular flexibility index (Phi) is 1.36. The van der Waals surface area contributed by atoms with E-state index in [1.54, 1.807) is 28.4 Å². The van der Waals surface area contributed by atoms with Crippen LogP contribution in [0.1, 0.15) is 0 Å². The van der Waals surface area contributed by atoms with Crippen molar-refractivity contribution in [2.24, 2.45) is 0 Å². The molecule has 0 atom stereocenters. The number of nitrogens with two attached hydrogens (primary N) is 1. The molecule has 0 saturated heterocycles. The zero-order valence-electron chi connectivity index (χ0n) is 5.64. The minimum absolute atomic E-state index is 0.737. The zero-order chi connectivity index (χ0) is 7.68. The molecule has 56 valence electrons. The van der Waals surface area contributed by atoms with E-state index >= 15 is 0 Å². The minimum Gasteiger partial charge on any atom is -0.396 e. The fourth-order valence-electron chi connectivity index (χ4n) is 0.814. The molecule has 0 saturated carbocycles. The average Bonchev–Trinajstić information content (AvgIpc) is 2.55. The third kappa shape index (κ3) is 0.988. The van der Waals surface area contributed by atoms with Gasteiger partial charge >= 0.3 is 0 Å². The van der Waals surface area contributed by atoms with Crippen LogP contribution in [0.15, 0.2) is 23.8 Å². The van der Waals surface area contributed by atoms with Crippen molar-refractivity contribution in [3.05, 3.63) is 23.8 Å². The van der Waals surface area contributed by atoms with Gasteiger partial charge in [-0.05, 0) is 11.4 Å². The van der Waals surface area contributed by atoms with E-state index in [1.165, 1.54) is 0 Å². The van der Waals surface area contributed by atoms with E-state index in [0.29, 0.717) is 0 Å². The SMILES string of the molecule is Nc1ccsc1-n1ccnn1. The second-order valence-corrected chi connectivity index (χ2v) is 2.92. The molecule has 2 aromatic heterocycles. The highest BCUT2D eigenvalue weighted by Gasteiger charge is 2.01. The van der Waals surface area contributed by atoms with Gasteiger partial charge < -0.3 is 5.73 Å². The van der Waals surface area contributed by atoms with Crippen molar-refractivity contribution < 1.29 is 0 Å². The number of rotatable bonds is 1. The predicted molar refractivity (Wildman–Crippen MR) is 43.6 cm³/mol. The number of anilines is 1. The topological polar surface area (TPSA) is 56.7 Å². The van der Waals surface area contributed by atoms with Crippen LogP contribution in [0.5, 0.6) is 0 Å². The van der Waals surface area contributed by atoms with Crippen molar-refractivity contribution in [1.82, 2.24) is 15.0 Å². The molecule has 11 heavy (non-hydrogen) atoms. The van der Waals surface area contributed by atoms with Gasteiger partial charge in [-0.3, -0.25) is 0 Å². The standard InChI is InChI=1S/C6H6N4S/c7-5-1-4-11-6(5)10-3-2-8-9-10/h1-4H,7H2. The van der Waals surface area contributed by atoms with Gasteiger partial charge in [0.25, 0.3) is 0 Å². The molecule has 0 aromatic carbocycles. The van der Waals surface area contributed by atoms with Crippen LogP contribution in [0.2, 0.25) is 0 Å². The molecular weight excluding hydrogens is 160 g/mol. The number of hydrogen-bond acceptors (Lipinski definition) is 4. The van der Waals surface area contributed by atoms with Crippen molar-refractivity contribution in [2.45, 2.75) is 0 Å². The molecule has 0 bridgehead atoms. The molecule has 2 aromatic rings. The van der Waals surface area contributed by atoms with Gasteiger partial charge in [0.1, 0.15) is 5.00 Å². The normalized spacial score (nSPS) is 10.2. The van der Waals surface area contributed by atoms with Crippen LogP contribution < -0.4 is 5.73 Å². The zero-order valence-corrected chi connectivity index (χ0v) is 6.45. The molecule has 0 unspecified atom stereocenters. The van der Waals surface area contributed by atoms with Gasteiger partial charge in [0.05, 0.1) is 18.1 Å². The average molecular weight is 166 g/mol. The summed E-state index contributed by atoms with van der Waals surface area (Å²) in [6.45, 7) is 0. The first-order valence-electron chi connectivity index (χ1n) is 3.07. The van der Waals surface area contributed by atoms with Crippen LogP contribution in [0.3, 0.4) is 0 Å². The number of thiophene rings is 1. The molecule has 4 nitrogen and oxygen atoms in total. The van der Waals surface area contributed by atoms with Crippen LogP contribution in [-0.4, -0.2) is 15.0 Å². The van der Waals surface area contributed by atoms with Gasteiger partial charge in [-0.1, -0.05) is 5.21 Å². The Morgan fingerprint density at radius 3 is 3.00 bits per heavy atom. The molecule has 0 spiro atoms. The highest BCUT2D eigenvalue weighted by atomic mass is 32.1. The van der Waals surface area contributed by atoms with Gasteiger partial charge in [-0.2, -0.15) is 0 Å². The van der Waals surface area contributed by atoms with Gasteiger partial charge in [0.2, 0.25) is 0 Å². The summed E-state index contributed by atoms with van der Waals surface area (Å²) in [5.74, 6) is 0. The molecule has 0 aliphatic rings. The maximum Gasteiger partial charge on any atom is 0.142 e. The van der Waals surface area contributed by atoms with Crippen molar-refractivity contribution in [3.8, 4) is 5.00 Å². The molecule has 2 N–H and O–H groups in total. The van der Waals surface area contributed by atoms with Crippen LogP contribution >= 0.6 is 11.3 Å². The van der Waals surface area contributed by atoms with Gasteiger partial charge in [-0.25, -0.2) is 4.68 Å². The minimum atomic E-state index is 0.737. The summed E-state index contributed by atoms with van der Waals surface area (Å²) < 4.78 is 1.65. The van der Waals surface area contributed by atoms with Crippen molar-refractivity contribution in [2.75, 3.05) is 5.73 Å². The van der Waals surface area contributed by atoms with E-state index < -0.39 is 0 Å². The number of aromatic nitrogens is 3. The summed E-state index contributed by atoms with van der Waals surface area (Å²) in [6, 6.07) is 1.85. The highest BCUT2D eigenvalue weighted by Crippen LogP contribution is 2.21. The van der Waals surface area contributed by atoms with E-state index in [-0.39, 0.29) is 0 Å². The van der Waals surface area contributed by atoms with E-state index in [1.807, 2.05) is 11.4 Å². The molecule has 0 aliphatic heterocycles. The Morgan fingerprint density at radius 2 is 2.45 bits per heavy atom. The first-order chi connectivity index (χ1) is 5.38. The Morgan fingerprint density at radius 1 is 1.55 bits per heavy atom. The summed E-state index contributed by atoms with van der Waals surface area (Å²) in [7, 11) is 0. The maximum absolute atomic E-state index is 5.65. The predicted octanol–water partition coefficient (Wildman–Crippen LogP) is 0.911. The summed E-state index contributed by atoms with van der Waals surface area (Å²) in [5.41, 5.74) is 6.39. The Hall–Kier alpha value is -1.36. The lowest BCUT2D eigenvalue weighted by Crippen LogP contribution is -1.95. The van der Waals surface area contributed by atoms with Gasteiger partial charge in [0, 0.05) is 0 Å². The Balaban J connectivity index is 2.53. The molecule has 0 amide bonds. The fraction of sp³-hybridized carbons (Fsp3) is 0. The lowest BCUT2D eigenvalue weighted by molar-refractivity contribution is 0.816. The third-order valence-electron chi connectivity index (χ3n) is 1.30. The second-order valence-electron chi connectivity index (χ2n) is 2.03. The number of nitrogens with zero attached hydrogens (tertiary/aromatic N) is 3. The van der Waals surface area contributed by atoms with E-state index in [0.717, 1.165) is 10.7 Å². The summed E-state index contributed by atoms with van der Waals surface area (Å²) >= 11 is 1.54. The van der Waals surface area contributed by atoms with E-state index in [2.05, 4.69) is 10.3 Å². The van der Waals surface area contributed by atoms with Crippen molar-refractivity contribution in [1.29, 1.82) is 0 Å². The number of hydrogen-bond donors (Lipinski definition) is 1. The monoisotopic (exact) mass is 166 g/mol. The third-order valence-corrected chi connectivity index (χ3v) is 2.22. The fourth-order valence-corrected chi connectivity index (χ4v) is 1.57. The first kappa shape index (κ1) is 6.36. The van der Waals surface area contributed by atoms with Crippen LogP contribution in [0, 0.1) is 0 Å². The first-order valence-corrected chi connectivity index (χ1v) is 3.95. The van der Waals surface area contributed by atoms with Crippen LogP contribution in [-0.2, 0) is 0 Å². The molecule has 0 aliphatic carbocycles. The quantitative estimate of drug-likeness (QED) is 0.685. The molecule has 2 heterocycles. The highest BCUT2D eigenvalue weighted by molar-refractivity contribution is 7.13. The maximum atomic E-state index is 5.65. The number of nitrogen functional groups attached to an aromatic ring is 1. The summed E-state index contributed by atoms with van der Waals surface area (Å²) in [5, 5.41) is 10.3. The largest absolute Gasteiger partial charge is 0.396 e. The lowest BCUT2D eigenvalue weighted by Gasteiger charge is -1.94. The van der Waals surface area contributed by atoms with Crippen molar-refractivity contribution in [3.63, 3.8) is 0 Å². The lowest BCUT2D eigenvalue weighted by atomic mass is 10.5. The Labute approximate surface area is 67.3 Å². The summed E-state index contributed by atoms with van der Waals surface area (Å²) in [6.07, 6.45) is 3.39. The van der Waals surface area contributed by atoms with Crippen molar-refractivity contribution >= 4 is 17.0 Å². The van der Waals surface area contributed by atoms with Gasteiger partial charge in [-0.15, -0.1) is 16.4 Å². The molecule has 2 rings (SSSR count). The van der Waals surface area contributed by atoms with Crippen LogP contribution in [0.4, 0.5) is 5.69 Å². The molecular formula is C6H6N4S. The summed E-state index contributed by atoms with van der Waals surface area (Å²) in [4.78, 5) is 0. The second kappa shape index (κ2) is 2.35. The molecule has 5 heteroatoms. The van der Waals surface area contributed by atoms with E-state index in [4.69, 9.17) is 5.73 Å². The molecule has 0 fully saturated rings. The van der Waals surface area contributed by atoms with Gasteiger partial charge in [0.15, 0.2) is 0 Å². The van der Waals surface area contributed by atoms with Crippen LogP contribution in [0.25, 0.3) is 5.00 Å². The Bertz CT molecular complexity index is 337.